The highest BCUT2D eigenvalue weighted by Gasteiger charge is 2.24. The number of carbonyl (C=O) groups excluding carboxylic acids is 2. The van der Waals surface area contributed by atoms with Gasteiger partial charge in [0, 0.05) is 67.8 Å². The highest BCUT2D eigenvalue weighted by Crippen LogP contribution is 2.30. The molecular formula is C30H32N6O5S. The van der Waals surface area contributed by atoms with E-state index in [1.165, 1.54) is 6.07 Å². The molecule has 2 fully saturated rings. The van der Waals surface area contributed by atoms with E-state index in [4.69, 9.17) is 17.0 Å². The Labute approximate surface area is 249 Å². The number of nitrogens with zero attached hydrogens (tertiary/aromatic N) is 4. The molecule has 0 aromatic heterocycles. The lowest BCUT2D eigenvalue weighted by atomic mass is 10.1. The first-order valence-electron chi connectivity index (χ1n) is 13.7. The lowest BCUT2D eigenvalue weighted by Crippen LogP contribution is -2.48. The first-order valence-corrected chi connectivity index (χ1v) is 14.1. The molecule has 0 unspecified atom stereocenters. The zero-order valence-corrected chi connectivity index (χ0v) is 24.1. The van der Waals surface area contributed by atoms with Crippen molar-refractivity contribution >= 4 is 51.9 Å². The number of aryl methyl sites for hydroxylation is 1. The van der Waals surface area contributed by atoms with Crippen LogP contribution in [0.2, 0.25) is 0 Å². The number of benzene rings is 3. The molecule has 0 spiro atoms. The molecule has 12 heteroatoms. The summed E-state index contributed by atoms with van der Waals surface area (Å²) < 4.78 is 5.33. The van der Waals surface area contributed by atoms with E-state index in [1.807, 2.05) is 65.3 Å². The van der Waals surface area contributed by atoms with E-state index >= 15 is 0 Å². The summed E-state index contributed by atoms with van der Waals surface area (Å²) in [5.41, 5.74) is 3.99. The number of amides is 2. The molecule has 3 aromatic rings. The number of morpholine rings is 1. The van der Waals surface area contributed by atoms with Crippen molar-refractivity contribution in [2.45, 2.75) is 6.92 Å². The number of hydrogen-bond acceptors (Lipinski definition) is 8. The largest absolute Gasteiger partial charge is 0.378 e. The molecule has 0 radical (unpaired) electrons. The summed E-state index contributed by atoms with van der Waals surface area (Å²) >= 11 is 5.32. The fourth-order valence-corrected chi connectivity index (χ4v) is 5.23. The number of nitrogens with one attached hydrogen (secondary N) is 2. The molecule has 2 N–H and O–H groups in total. The molecule has 0 atom stereocenters. The summed E-state index contributed by atoms with van der Waals surface area (Å²) in [6.07, 6.45) is 0. The van der Waals surface area contributed by atoms with Crippen molar-refractivity contribution in [3.63, 3.8) is 0 Å². The minimum atomic E-state index is -0.543. The Morgan fingerprint density at radius 1 is 0.857 bits per heavy atom. The third-order valence-corrected chi connectivity index (χ3v) is 7.57. The van der Waals surface area contributed by atoms with E-state index in [2.05, 4.69) is 15.5 Å². The first kappa shape index (κ1) is 29.0. The summed E-state index contributed by atoms with van der Waals surface area (Å²) in [4.78, 5) is 42.8. The van der Waals surface area contributed by atoms with Crippen molar-refractivity contribution in [2.75, 3.05) is 67.6 Å². The molecule has 0 aliphatic carbocycles. The van der Waals surface area contributed by atoms with Gasteiger partial charge in [0.15, 0.2) is 5.11 Å². The zero-order valence-electron chi connectivity index (χ0n) is 23.2. The number of carbonyl (C=O) groups is 2. The van der Waals surface area contributed by atoms with Gasteiger partial charge in [0.05, 0.1) is 18.1 Å². The highest BCUT2D eigenvalue weighted by molar-refractivity contribution is 7.80. The molecule has 2 aliphatic rings. The van der Waals surface area contributed by atoms with Crippen LogP contribution in [0.1, 0.15) is 26.3 Å². The quantitative estimate of drug-likeness (QED) is 0.252. The Morgan fingerprint density at radius 2 is 1.50 bits per heavy atom. The van der Waals surface area contributed by atoms with Gasteiger partial charge in [0.2, 0.25) is 0 Å². The maximum absolute atomic E-state index is 12.8. The molecule has 0 saturated carbocycles. The highest BCUT2D eigenvalue weighted by atomic mass is 32.1. The van der Waals surface area contributed by atoms with Crippen molar-refractivity contribution in [3.8, 4) is 0 Å². The minimum absolute atomic E-state index is 0.0485. The predicted molar refractivity (Wildman–Crippen MR) is 166 cm³/mol. The van der Waals surface area contributed by atoms with E-state index in [0.717, 1.165) is 24.3 Å². The molecule has 2 saturated heterocycles. The molecule has 2 heterocycles. The molecule has 218 valence electrons. The zero-order chi connectivity index (χ0) is 29.6. The van der Waals surface area contributed by atoms with E-state index in [9.17, 15) is 19.7 Å². The third kappa shape index (κ3) is 6.84. The number of anilines is 3. The standard InChI is InChI=1S/C30H32N6O5S/c1-21-2-4-22(5-3-21)29(38)35-14-12-33(13-15-35)25-9-7-24(8-10-25)31-30(42)32-28(37)23-6-11-26(27(20-23)36(39)40)34-16-18-41-19-17-34/h2-11,20H,12-19H2,1H3,(H2,31,32,37,42). The maximum Gasteiger partial charge on any atom is 0.293 e. The van der Waals surface area contributed by atoms with Crippen LogP contribution in [-0.2, 0) is 4.74 Å². The molecule has 3 aromatic carbocycles. The second kappa shape index (κ2) is 13.0. The Bertz CT molecular complexity index is 1470. The molecule has 5 rings (SSSR count). The number of nitro benzene ring substituents is 1. The minimum Gasteiger partial charge on any atom is -0.378 e. The Kier molecular flexibility index (Phi) is 8.94. The maximum atomic E-state index is 12.8. The van der Waals surface area contributed by atoms with E-state index < -0.39 is 10.8 Å². The van der Waals surface area contributed by atoms with Crippen LogP contribution in [0.3, 0.4) is 0 Å². The smallest absolute Gasteiger partial charge is 0.293 e. The van der Waals surface area contributed by atoms with Gasteiger partial charge in [0.1, 0.15) is 5.69 Å². The van der Waals surface area contributed by atoms with Gasteiger partial charge in [-0.3, -0.25) is 25.0 Å². The molecule has 0 bridgehead atoms. The van der Waals surface area contributed by atoms with E-state index in [1.54, 1.807) is 12.1 Å². The average Bonchev–Trinajstić information content (AvgIpc) is 3.01. The fraction of sp³-hybridized carbons (Fsp3) is 0.300. The number of hydrogen-bond donors (Lipinski definition) is 2. The van der Waals surface area contributed by atoms with Gasteiger partial charge in [-0.25, -0.2) is 0 Å². The normalized spacial score (nSPS) is 15.2. The average molecular weight is 589 g/mol. The van der Waals surface area contributed by atoms with Gasteiger partial charge in [-0.15, -0.1) is 0 Å². The van der Waals surface area contributed by atoms with Crippen LogP contribution in [0.25, 0.3) is 0 Å². The van der Waals surface area contributed by atoms with Crippen molar-refractivity contribution < 1.29 is 19.2 Å². The number of thiocarbonyl (C=S) groups is 1. The van der Waals surface area contributed by atoms with Gasteiger partial charge in [-0.2, -0.15) is 0 Å². The second-order valence-corrected chi connectivity index (χ2v) is 10.6. The van der Waals surface area contributed by atoms with Crippen LogP contribution in [0.15, 0.2) is 66.7 Å². The SMILES string of the molecule is Cc1ccc(C(=O)N2CCN(c3ccc(NC(=S)NC(=O)c4ccc(N5CCOCC5)c([N+](=O)[O-])c4)cc3)CC2)cc1. The second-order valence-electron chi connectivity index (χ2n) is 10.2. The van der Waals surface area contributed by atoms with Crippen LogP contribution in [-0.4, -0.2) is 79.2 Å². The molecule has 42 heavy (non-hydrogen) atoms. The summed E-state index contributed by atoms with van der Waals surface area (Å²) in [7, 11) is 0. The summed E-state index contributed by atoms with van der Waals surface area (Å²) in [5.74, 6) is -0.494. The lowest BCUT2D eigenvalue weighted by molar-refractivity contribution is -0.384. The van der Waals surface area contributed by atoms with Crippen LogP contribution in [0.5, 0.6) is 0 Å². The van der Waals surface area contributed by atoms with Crippen LogP contribution >= 0.6 is 12.2 Å². The molecule has 2 aliphatic heterocycles. The van der Waals surface area contributed by atoms with Gasteiger partial charge >= 0.3 is 0 Å². The van der Waals surface area contributed by atoms with Gasteiger partial charge < -0.3 is 24.8 Å². The van der Waals surface area contributed by atoms with Crippen LogP contribution in [0, 0.1) is 17.0 Å². The molecular weight excluding hydrogens is 556 g/mol. The Balaban J connectivity index is 1.14. The summed E-state index contributed by atoms with van der Waals surface area (Å²) in [6.45, 7) is 6.78. The van der Waals surface area contributed by atoms with Crippen molar-refractivity contribution in [2.24, 2.45) is 0 Å². The number of rotatable bonds is 6. The van der Waals surface area contributed by atoms with Crippen molar-refractivity contribution in [1.82, 2.24) is 10.2 Å². The first-order chi connectivity index (χ1) is 20.3. The topological polar surface area (TPSA) is 120 Å². The van der Waals surface area contributed by atoms with E-state index in [-0.39, 0.29) is 22.3 Å². The predicted octanol–water partition coefficient (Wildman–Crippen LogP) is 3.83. The summed E-state index contributed by atoms with van der Waals surface area (Å²) in [5, 5.41) is 17.4. The molecule has 2 amide bonds. The fourth-order valence-electron chi connectivity index (χ4n) is 5.02. The van der Waals surface area contributed by atoms with Crippen molar-refractivity contribution in [3.05, 3.63) is 93.5 Å². The van der Waals surface area contributed by atoms with Gasteiger partial charge in [-0.1, -0.05) is 17.7 Å². The Morgan fingerprint density at radius 3 is 2.14 bits per heavy atom. The lowest BCUT2D eigenvalue weighted by Gasteiger charge is -2.36. The third-order valence-electron chi connectivity index (χ3n) is 7.37. The van der Waals surface area contributed by atoms with Gasteiger partial charge in [0.25, 0.3) is 17.5 Å². The van der Waals surface area contributed by atoms with Gasteiger partial charge in [-0.05, 0) is 67.7 Å². The Hall–Kier alpha value is -4.55. The summed E-state index contributed by atoms with van der Waals surface area (Å²) in [6, 6.07) is 19.7. The monoisotopic (exact) mass is 588 g/mol. The van der Waals surface area contributed by atoms with E-state index in [0.29, 0.717) is 56.3 Å². The number of nitro groups is 1. The number of ether oxygens (including phenoxy) is 1. The van der Waals surface area contributed by atoms with Crippen LogP contribution < -0.4 is 20.4 Å². The molecule has 11 nitrogen and oxygen atoms in total. The number of piperazine rings is 1. The van der Waals surface area contributed by atoms with Crippen molar-refractivity contribution in [1.29, 1.82) is 0 Å². The van der Waals surface area contributed by atoms with Crippen LogP contribution in [0.4, 0.5) is 22.7 Å².